The highest BCUT2D eigenvalue weighted by Gasteiger charge is 2.22. The monoisotopic (exact) mass is 283 g/mol. The molecule has 1 fully saturated rings. The Bertz CT molecular complexity index is 298. The molecule has 0 aliphatic heterocycles. The molecule has 1 rings (SSSR count). The van der Waals surface area contributed by atoms with Crippen LogP contribution in [0.25, 0.3) is 0 Å². The number of nitrogens with zero attached hydrogens (tertiary/aromatic N) is 1. The van der Waals surface area contributed by atoms with Crippen LogP contribution < -0.4 is 10.6 Å². The number of amides is 1. The van der Waals surface area contributed by atoms with E-state index >= 15 is 0 Å². The van der Waals surface area contributed by atoms with E-state index in [0.29, 0.717) is 0 Å². The molecule has 0 aromatic heterocycles. The van der Waals surface area contributed by atoms with Gasteiger partial charge in [0.05, 0.1) is 6.04 Å². The first-order valence-electron chi connectivity index (χ1n) is 8.11. The van der Waals surface area contributed by atoms with Crippen LogP contribution in [0, 0.1) is 0 Å². The van der Waals surface area contributed by atoms with Gasteiger partial charge in [0, 0.05) is 24.7 Å². The Morgan fingerprint density at radius 2 is 1.95 bits per heavy atom. The van der Waals surface area contributed by atoms with Crippen molar-refractivity contribution in [3.8, 4) is 0 Å². The molecule has 0 aromatic carbocycles. The number of hydrogen-bond donors (Lipinski definition) is 2. The van der Waals surface area contributed by atoms with Crippen molar-refractivity contribution < 1.29 is 4.79 Å². The van der Waals surface area contributed by atoms with Crippen molar-refractivity contribution in [3.63, 3.8) is 0 Å². The summed E-state index contributed by atoms with van der Waals surface area (Å²) in [5, 5.41) is 6.41. The summed E-state index contributed by atoms with van der Waals surface area (Å²) >= 11 is 0. The van der Waals surface area contributed by atoms with Crippen molar-refractivity contribution >= 4 is 5.91 Å². The van der Waals surface area contributed by atoms with E-state index in [9.17, 15) is 4.79 Å². The van der Waals surface area contributed by atoms with Gasteiger partial charge < -0.3 is 15.5 Å². The van der Waals surface area contributed by atoms with Crippen molar-refractivity contribution in [1.82, 2.24) is 15.5 Å². The van der Waals surface area contributed by atoms with Crippen molar-refractivity contribution in [2.24, 2.45) is 0 Å². The molecule has 4 nitrogen and oxygen atoms in total. The molecular weight excluding hydrogens is 250 g/mol. The highest BCUT2D eigenvalue weighted by atomic mass is 16.2. The third-order valence-corrected chi connectivity index (χ3v) is 4.60. The normalized spacial score (nSPS) is 18.5. The average Bonchev–Trinajstić information content (AvgIpc) is 2.91. The maximum atomic E-state index is 12.1. The second-order valence-electron chi connectivity index (χ2n) is 6.82. The average molecular weight is 283 g/mol. The Kier molecular flexibility index (Phi) is 6.96. The van der Waals surface area contributed by atoms with E-state index in [1.807, 2.05) is 6.92 Å². The van der Waals surface area contributed by atoms with Crippen molar-refractivity contribution in [2.75, 3.05) is 20.1 Å². The summed E-state index contributed by atoms with van der Waals surface area (Å²) in [5.41, 5.74) is -0.117. The van der Waals surface area contributed by atoms with Crippen LogP contribution in [0.15, 0.2) is 0 Å². The fourth-order valence-electron chi connectivity index (χ4n) is 2.61. The summed E-state index contributed by atoms with van der Waals surface area (Å²) in [7, 11) is 2.20. The Balaban J connectivity index is 2.21. The summed E-state index contributed by atoms with van der Waals surface area (Å²) in [4.78, 5) is 14.5. The lowest BCUT2D eigenvalue weighted by molar-refractivity contribution is -0.124. The Labute approximate surface area is 124 Å². The number of carbonyl (C=O) groups is 1. The first-order valence-corrected chi connectivity index (χ1v) is 8.11. The fraction of sp³-hybridized carbons (Fsp3) is 0.938. The zero-order valence-electron chi connectivity index (χ0n) is 14.0. The van der Waals surface area contributed by atoms with Crippen LogP contribution in [0.3, 0.4) is 0 Å². The maximum Gasteiger partial charge on any atom is 0.237 e. The molecule has 1 aliphatic carbocycles. The summed E-state index contributed by atoms with van der Waals surface area (Å²) in [5.74, 6) is 0.0976. The molecule has 1 unspecified atom stereocenters. The van der Waals surface area contributed by atoms with Crippen LogP contribution in [0.4, 0.5) is 0 Å². The van der Waals surface area contributed by atoms with Crippen LogP contribution in [0.2, 0.25) is 0 Å². The van der Waals surface area contributed by atoms with Gasteiger partial charge in [0.1, 0.15) is 0 Å². The molecule has 118 valence electrons. The number of likely N-dealkylation sites (N-methyl/N-ethyl adjacent to an activating group) is 1. The third kappa shape index (κ3) is 5.80. The number of carbonyl (C=O) groups excluding carboxylic acids is 1. The van der Waals surface area contributed by atoms with Gasteiger partial charge in [-0.2, -0.15) is 0 Å². The lowest BCUT2D eigenvalue weighted by atomic mass is 10.0. The van der Waals surface area contributed by atoms with Crippen LogP contribution in [-0.4, -0.2) is 48.6 Å². The number of nitrogens with one attached hydrogen (secondary N) is 2. The molecule has 0 aromatic rings. The van der Waals surface area contributed by atoms with Gasteiger partial charge in [0.2, 0.25) is 5.91 Å². The minimum Gasteiger partial charge on any atom is -0.350 e. The lowest BCUT2D eigenvalue weighted by Crippen LogP contribution is -2.51. The minimum absolute atomic E-state index is 0.0976. The van der Waals surface area contributed by atoms with Gasteiger partial charge in [-0.05, 0) is 47.1 Å². The summed E-state index contributed by atoms with van der Waals surface area (Å²) < 4.78 is 0. The summed E-state index contributed by atoms with van der Waals surface area (Å²) in [6, 6.07) is 0.623. The molecule has 0 bridgehead atoms. The van der Waals surface area contributed by atoms with E-state index in [1.54, 1.807) is 0 Å². The second kappa shape index (κ2) is 7.99. The molecule has 2 N–H and O–H groups in total. The zero-order chi connectivity index (χ0) is 15.2. The van der Waals surface area contributed by atoms with Crippen molar-refractivity contribution in [1.29, 1.82) is 0 Å². The Morgan fingerprint density at radius 3 is 2.50 bits per heavy atom. The van der Waals surface area contributed by atoms with Crippen LogP contribution in [0.5, 0.6) is 0 Å². The van der Waals surface area contributed by atoms with Crippen LogP contribution in [-0.2, 0) is 4.79 Å². The standard InChI is InChI=1S/C16H33N3O/c1-6-16(3,4)18-15(20)13(2)17-11-12-19(5)14-9-7-8-10-14/h13-14,17H,6-12H2,1-5H3,(H,18,20). The van der Waals surface area contributed by atoms with Gasteiger partial charge in [0.25, 0.3) is 0 Å². The second-order valence-corrected chi connectivity index (χ2v) is 6.82. The molecule has 20 heavy (non-hydrogen) atoms. The first-order chi connectivity index (χ1) is 9.35. The molecule has 0 spiro atoms. The summed E-state index contributed by atoms with van der Waals surface area (Å²) in [6.45, 7) is 10.0. The topological polar surface area (TPSA) is 44.4 Å². The molecule has 1 atom stereocenters. The highest BCUT2D eigenvalue weighted by molar-refractivity contribution is 5.81. The van der Waals surface area contributed by atoms with E-state index < -0.39 is 0 Å². The van der Waals surface area contributed by atoms with Crippen LogP contribution in [0.1, 0.15) is 59.8 Å². The molecule has 4 heteroatoms. The largest absolute Gasteiger partial charge is 0.350 e. The van der Waals surface area contributed by atoms with E-state index in [4.69, 9.17) is 0 Å². The molecule has 0 radical (unpaired) electrons. The number of rotatable bonds is 8. The molecular formula is C16H33N3O. The summed E-state index contributed by atoms with van der Waals surface area (Å²) in [6.07, 6.45) is 6.34. The van der Waals surface area contributed by atoms with E-state index in [0.717, 1.165) is 25.6 Å². The fourth-order valence-corrected chi connectivity index (χ4v) is 2.61. The van der Waals surface area contributed by atoms with Crippen molar-refractivity contribution in [3.05, 3.63) is 0 Å². The molecule has 0 heterocycles. The van der Waals surface area contributed by atoms with Gasteiger partial charge in [-0.25, -0.2) is 0 Å². The zero-order valence-corrected chi connectivity index (χ0v) is 14.0. The minimum atomic E-state index is -0.127. The SMILES string of the molecule is CCC(C)(C)NC(=O)C(C)NCCN(C)C1CCCC1. The van der Waals surface area contributed by atoms with Gasteiger partial charge in [0.15, 0.2) is 0 Å². The maximum absolute atomic E-state index is 12.1. The van der Waals surface area contributed by atoms with Gasteiger partial charge in [-0.1, -0.05) is 19.8 Å². The number of hydrogen-bond acceptors (Lipinski definition) is 3. The smallest absolute Gasteiger partial charge is 0.237 e. The van der Waals surface area contributed by atoms with Gasteiger partial charge >= 0.3 is 0 Å². The molecule has 1 saturated carbocycles. The lowest BCUT2D eigenvalue weighted by Gasteiger charge is -2.28. The van der Waals surface area contributed by atoms with Crippen LogP contribution >= 0.6 is 0 Å². The van der Waals surface area contributed by atoms with E-state index in [1.165, 1.54) is 25.7 Å². The molecule has 1 amide bonds. The Hall–Kier alpha value is -0.610. The third-order valence-electron chi connectivity index (χ3n) is 4.60. The molecule has 0 saturated heterocycles. The van der Waals surface area contributed by atoms with Gasteiger partial charge in [-0.3, -0.25) is 4.79 Å². The van der Waals surface area contributed by atoms with Crippen molar-refractivity contribution in [2.45, 2.75) is 77.4 Å². The van der Waals surface area contributed by atoms with Gasteiger partial charge in [-0.15, -0.1) is 0 Å². The first kappa shape index (κ1) is 17.4. The molecule has 1 aliphatic rings. The predicted molar refractivity (Wildman–Crippen MR) is 84.9 cm³/mol. The van der Waals surface area contributed by atoms with E-state index in [-0.39, 0.29) is 17.5 Å². The predicted octanol–water partition coefficient (Wildman–Crippen LogP) is 2.14. The van der Waals surface area contributed by atoms with E-state index in [2.05, 4.69) is 43.4 Å². The quantitative estimate of drug-likeness (QED) is 0.717. The highest BCUT2D eigenvalue weighted by Crippen LogP contribution is 2.21. The Morgan fingerprint density at radius 1 is 1.35 bits per heavy atom.